The largest absolute Gasteiger partial charge is 0.457 e. The fraction of sp³-hybridized carbons (Fsp3) is 0.192. The van der Waals surface area contributed by atoms with E-state index in [0.717, 1.165) is 22.9 Å². The van der Waals surface area contributed by atoms with Crippen molar-refractivity contribution in [3.05, 3.63) is 93.5 Å². The summed E-state index contributed by atoms with van der Waals surface area (Å²) in [4.78, 5) is 46.3. The van der Waals surface area contributed by atoms with E-state index in [1.165, 1.54) is 18.2 Å². The molecule has 0 fully saturated rings. The van der Waals surface area contributed by atoms with Gasteiger partial charge >= 0.3 is 5.97 Å². The van der Waals surface area contributed by atoms with Crippen molar-refractivity contribution < 1.29 is 28.8 Å². The highest BCUT2D eigenvalue weighted by atomic mass is 16.6. The Labute approximate surface area is 201 Å². The molecule has 0 aliphatic carbocycles. The molecule has 0 aliphatic rings. The number of hydrogen-bond acceptors (Lipinski definition) is 7. The number of esters is 1. The molecule has 0 saturated heterocycles. The molecule has 0 spiro atoms. The van der Waals surface area contributed by atoms with Crippen LogP contribution in [0.2, 0.25) is 0 Å². The van der Waals surface area contributed by atoms with Gasteiger partial charge < -0.3 is 14.8 Å². The highest BCUT2D eigenvalue weighted by molar-refractivity contribution is 5.98. The van der Waals surface area contributed by atoms with Crippen molar-refractivity contribution in [1.29, 1.82) is 0 Å². The SMILES string of the molecule is Cc1ccc(C)c(Oc2ccc(NC(=O)CCC(=O)OCC(=O)c3cccc([N+](=O)[O-])c3)cc2)c1. The van der Waals surface area contributed by atoms with E-state index in [0.29, 0.717) is 11.4 Å². The molecule has 0 bridgehead atoms. The predicted molar refractivity (Wildman–Crippen MR) is 129 cm³/mol. The van der Waals surface area contributed by atoms with E-state index in [4.69, 9.17) is 9.47 Å². The van der Waals surface area contributed by atoms with E-state index in [9.17, 15) is 24.5 Å². The molecule has 9 nitrogen and oxygen atoms in total. The van der Waals surface area contributed by atoms with E-state index >= 15 is 0 Å². The summed E-state index contributed by atoms with van der Waals surface area (Å²) >= 11 is 0. The molecule has 0 saturated carbocycles. The minimum Gasteiger partial charge on any atom is -0.457 e. The van der Waals surface area contributed by atoms with Gasteiger partial charge in [0.2, 0.25) is 11.7 Å². The lowest BCUT2D eigenvalue weighted by atomic mass is 10.1. The molecule has 1 N–H and O–H groups in total. The standard InChI is InChI=1S/C26H24N2O7/c1-17-6-7-18(2)24(14-17)35-22-10-8-20(9-11-22)27-25(30)12-13-26(31)34-16-23(29)19-4-3-5-21(15-19)28(32)33/h3-11,14-15H,12-13,16H2,1-2H3,(H,27,30). The van der Waals surface area contributed by atoms with Gasteiger partial charge in [0.15, 0.2) is 6.61 Å². The van der Waals surface area contributed by atoms with Gasteiger partial charge in [-0.25, -0.2) is 0 Å². The third kappa shape index (κ3) is 7.50. The molecule has 0 atom stereocenters. The number of rotatable bonds is 10. The van der Waals surface area contributed by atoms with Crippen molar-refractivity contribution >= 4 is 29.0 Å². The molecule has 0 heterocycles. The summed E-state index contributed by atoms with van der Waals surface area (Å²) < 4.78 is 10.8. The number of carbonyl (C=O) groups excluding carboxylic acids is 3. The number of nitrogens with one attached hydrogen (secondary N) is 1. The Hall–Kier alpha value is -4.53. The first-order chi connectivity index (χ1) is 16.7. The summed E-state index contributed by atoms with van der Waals surface area (Å²) in [5, 5.41) is 13.5. The first-order valence-electron chi connectivity index (χ1n) is 10.8. The number of ether oxygens (including phenoxy) is 2. The molecule has 3 rings (SSSR count). The summed E-state index contributed by atoms with van der Waals surface area (Å²) in [5.41, 5.74) is 2.46. The zero-order valence-electron chi connectivity index (χ0n) is 19.3. The number of aryl methyl sites for hydroxylation is 2. The van der Waals surface area contributed by atoms with Crippen LogP contribution in [0.15, 0.2) is 66.7 Å². The van der Waals surface area contributed by atoms with Crippen LogP contribution in [-0.2, 0) is 14.3 Å². The number of ketones is 1. The molecule has 0 radical (unpaired) electrons. The summed E-state index contributed by atoms with van der Waals surface area (Å²) in [6.07, 6.45) is -0.355. The van der Waals surface area contributed by atoms with Crippen LogP contribution in [0, 0.1) is 24.0 Å². The van der Waals surface area contributed by atoms with Crippen LogP contribution in [0.25, 0.3) is 0 Å². The molecule has 0 aromatic heterocycles. The third-order valence-corrected chi connectivity index (χ3v) is 5.01. The number of amides is 1. The summed E-state index contributed by atoms with van der Waals surface area (Å²) in [6, 6.07) is 17.9. The van der Waals surface area contributed by atoms with Crippen molar-refractivity contribution in [2.45, 2.75) is 26.7 Å². The Kier molecular flexibility index (Phi) is 8.29. The van der Waals surface area contributed by atoms with Crippen LogP contribution in [0.5, 0.6) is 11.5 Å². The van der Waals surface area contributed by atoms with Gasteiger partial charge in [-0.05, 0) is 55.3 Å². The smallest absolute Gasteiger partial charge is 0.306 e. The Balaban J connectivity index is 1.43. The lowest BCUT2D eigenvalue weighted by molar-refractivity contribution is -0.384. The Morgan fingerprint density at radius 2 is 1.69 bits per heavy atom. The lowest BCUT2D eigenvalue weighted by Crippen LogP contribution is -2.17. The van der Waals surface area contributed by atoms with Crippen LogP contribution in [0.3, 0.4) is 0 Å². The molecule has 9 heteroatoms. The maximum Gasteiger partial charge on any atom is 0.306 e. The maximum atomic E-state index is 12.2. The molecular weight excluding hydrogens is 452 g/mol. The molecular formula is C26H24N2O7. The van der Waals surface area contributed by atoms with E-state index in [2.05, 4.69) is 5.32 Å². The van der Waals surface area contributed by atoms with Crippen molar-refractivity contribution in [3.63, 3.8) is 0 Å². The van der Waals surface area contributed by atoms with Gasteiger partial charge in [0.25, 0.3) is 5.69 Å². The maximum absolute atomic E-state index is 12.2. The summed E-state index contributed by atoms with van der Waals surface area (Å²) in [7, 11) is 0. The summed E-state index contributed by atoms with van der Waals surface area (Å²) in [6.45, 7) is 3.37. The van der Waals surface area contributed by atoms with Crippen molar-refractivity contribution in [3.8, 4) is 11.5 Å². The normalized spacial score (nSPS) is 10.3. The van der Waals surface area contributed by atoms with Crippen molar-refractivity contribution in [1.82, 2.24) is 0 Å². The van der Waals surface area contributed by atoms with Gasteiger partial charge in [-0.1, -0.05) is 24.3 Å². The van der Waals surface area contributed by atoms with Gasteiger partial charge in [-0.2, -0.15) is 0 Å². The Morgan fingerprint density at radius 1 is 0.943 bits per heavy atom. The molecule has 3 aromatic carbocycles. The van der Waals surface area contributed by atoms with Gasteiger partial charge in [0.1, 0.15) is 11.5 Å². The van der Waals surface area contributed by atoms with Crippen LogP contribution < -0.4 is 10.1 Å². The number of nitro benzene ring substituents is 1. The summed E-state index contributed by atoms with van der Waals surface area (Å²) in [5.74, 6) is -0.320. The second kappa shape index (κ2) is 11.6. The second-order valence-electron chi connectivity index (χ2n) is 7.83. The number of hydrogen-bond donors (Lipinski definition) is 1. The molecule has 0 aliphatic heterocycles. The highest BCUT2D eigenvalue weighted by Gasteiger charge is 2.15. The van der Waals surface area contributed by atoms with Gasteiger partial charge in [0.05, 0.1) is 11.3 Å². The molecule has 180 valence electrons. The third-order valence-electron chi connectivity index (χ3n) is 5.01. The number of carbonyl (C=O) groups is 3. The number of nitrogens with zero attached hydrogens (tertiary/aromatic N) is 1. The number of benzene rings is 3. The predicted octanol–water partition coefficient (Wildman–Crippen LogP) is 5.15. The zero-order chi connectivity index (χ0) is 25.4. The van der Waals surface area contributed by atoms with Gasteiger partial charge in [0, 0.05) is 29.8 Å². The first-order valence-corrected chi connectivity index (χ1v) is 10.8. The van der Waals surface area contributed by atoms with E-state index in [1.807, 2.05) is 32.0 Å². The number of non-ortho nitro benzene ring substituents is 1. The van der Waals surface area contributed by atoms with Crippen LogP contribution in [0.4, 0.5) is 11.4 Å². The van der Waals surface area contributed by atoms with E-state index in [1.54, 1.807) is 24.3 Å². The average molecular weight is 476 g/mol. The Morgan fingerprint density at radius 3 is 2.40 bits per heavy atom. The zero-order valence-corrected chi connectivity index (χ0v) is 19.3. The topological polar surface area (TPSA) is 125 Å². The van der Waals surface area contributed by atoms with Crippen LogP contribution >= 0.6 is 0 Å². The first kappa shape index (κ1) is 25.1. The fourth-order valence-electron chi connectivity index (χ4n) is 3.08. The van der Waals surface area contributed by atoms with Gasteiger partial charge in [-0.15, -0.1) is 0 Å². The van der Waals surface area contributed by atoms with Gasteiger partial charge in [-0.3, -0.25) is 24.5 Å². The molecule has 0 unspecified atom stereocenters. The number of nitro groups is 1. The van der Waals surface area contributed by atoms with Crippen molar-refractivity contribution in [2.75, 3.05) is 11.9 Å². The second-order valence-corrected chi connectivity index (χ2v) is 7.83. The van der Waals surface area contributed by atoms with E-state index < -0.39 is 29.2 Å². The molecule has 35 heavy (non-hydrogen) atoms. The van der Waals surface area contributed by atoms with Crippen LogP contribution in [0.1, 0.15) is 34.3 Å². The number of Topliss-reactive ketones (excluding diaryl/α,β-unsaturated/α-hetero) is 1. The lowest BCUT2D eigenvalue weighted by Gasteiger charge is -2.11. The fourth-order valence-corrected chi connectivity index (χ4v) is 3.08. The Bertz CT molecular complexity index is 1250. The minimum atomic E-state index is -0.726. The number of anilines is 1. The quantitative estimate of drug-likeness (QED) is 0.186. The molecule has 3 aromatic rings. The van der Waals surface area contributed by atoms with Crippen molar-refractivity contribution in [2.24, 2.45) is 0 Å². The van der Waals surface area contributed by atoms with Crippen LogP contribution in [-0.4, -0.2) is 29.2 Å². The highest BCUT2D eigenvalue weighted by Crippen LogP contribution is 2.27. The monoisotopic (exact) mass is 476 g/mol. The molecule has 1 amide bonds. The minimum absolute atomic E-state index is 0.0646. The van der Waals surface area contributed by atoms with E-state index in [-0.39, 0.29) is 24.1 Å². The average Bonchev–Trinajstić information content (AvgIpc) is 2.84.